The molecule has 27 heavy (non-hydrogen) atoms. The number of nitrogens with one attached hydrogen (secondary N) is 1. The summed E-state index contributed by atoms with van der Waals surface area (Å²) in [4.78, 5) is 13.1. The van der Waals surface area contributed by atoms with Crippen LogP contribution in [0.3, 0.4) is 0 Å². The van der Waals surface area contributed by atoms with Crippen molar-refractivity contribution in [3.05, 3.63) is 63.4 Å². The highest BCUT2D eigenvalue weighted by Crippen LogP contribution is 2.28. The van der Waals surface area contributed by atoms with E-state index in [0.717, 1.165) is 12.8 Å². The molecule has 0 aliphatic carbocycles. The minimum absolute atomic E-state index is 0.207. The number of halogens is 3. The molecule has 142 valence electrons. The third-order valence-corrected chi connectivity index (χ3v) is 4.74. The Morgan fingerprint density at radius 3 is 2.70 bits per heavy atom. The van der Waals surface area contributed by atoms with Gasteiger partial charge >= 0.3 is 0 Å². The Hall–Kier alpha value is -2.13. The molecule has 0 saturated heterocycles. The van der Waals surface area contributed by atoms with Gasteiger partial charge in [0, 0.05) is 41.8 Å². The van der Waals surface area contributed by atoms with E-state index in [9.17, 15) is 9.18 Å². The number of anilines is 1. The van der Waals surface area contributed by atoms with Crippen LogP contribution in [0.15, 0.2) is 36.4 Å². The molecule has 2 rings (SSSR count). The smallest absolute Gasteiger partial charge is 0.128 e. The monoisotopic (exact) mass is 407 g/mol. The van der Waals surface area contributed by atoms with Gasteiger partial charge in [-0.25, -0.2) is 4.39 Å². The van der Waals surface area contributed by atoms with E-state index in [1.165, 1.54) is 12.1 Å². The molecule has 4 nitrogen and oxygen atoms in total. The van der Waals surface area contributed by atoms with E-state index >= 15 is 0 Å². The maximum Gasteiger partial charge on any atom is 0.128 e. The summed E-state index contributed by atoms with van der Waals surface area (Å²) < 4.78 is 14.3. The average Bonchev–Trinajstić information content (AvgIpc) is 2.66. The van der Waals surface area contributed by atoms with E-state index in [4.69, 9.17) is 28.5 Å². The van der Waals surface area contributed by atoms with Crippen molar-refractivity contribution in [1.82, 2.24) is 5.32 Å². The molecule has 0 heterocycles. The van der Waals surface area contributed by atoms with E-state index in [1.54, 1.807) is 24.3 Å². The number of likely N-dealkylation sites (N-methyl/N-ethyl adjacent to an activating group) is 1. The van der Waals surface area contributed by atoms with Crippen LogP contribution in [-0.4, -0.2) is 25.4 Å². The van der Waals surface area contributed by atoms with Crippen molar-refractivity contribution in [2.24, 2.45) is 0 Å². The van der Waals surface area contributed by atoms with Crippen LogP contribution in [-0.2, 0) is 11.3 Å². The second-order valence-corrected chi connectivity index (χ2v) is 6.85. The SMILES string of the molecule is CCNC[C@H](CC=O)N(Cc1cc(Cl)ccc1F)c1ccc(C#N)c(Cl)c1. The molecule has 7 heteroatoms. The Bertz CT molecular complexity index is 838. The summed E-state index contributed by atoms with van der Waals surface area (Å²) in [5.41, 5.74) is 1.46. The molecule has 0 spiro atoms. The molecular formula is C20H20Cl2FN3O. The van der Waals surface area contributed by atoms with Crippen molar-refractivity contribution in [3.8, 4) is 6.07 Å². The van der Waals surface area contributed by atoms with Crippen LogP contribution in [0, 0.1) is 17.1 Å². The third kappa shape index (κ3) is 5.67. The predicted molar refractivity (Wildman–Crippen MR) is 107 cm³/mol. The van der Waals surface area contributed by atoms with Gasteiger partial charge in [0.05, 0.1) is 10.6 Å². The number of rotatable bonds is 9. The van der Waals surface area contributed by atoms with E-state index < -0.39 is 0 Å². The highest BCUT2D eigenvalue weighted by molar-refractivity contribution is 6.32. The Morgan fingerprint density at radius 1 is 1.30 bits per heavy atom. The summed E-state index contributed by atoms with van der Waals surface area (Å²) in [5.74, 6) is -0.377. The zero-order valence-corrected chi connectivity index (χ0v) is 16.4. The first-order valence-corrected chi connectivity index (χ1v) is 9.30. The van der Waals surface area contributed by atoms with Crippen molar-refractivity contribution in [3.63, 3.8) is 0 Å². The minimum Gasteiger partial charge on any atom is -0.362 e. The van der Waals surface area contributed by atoms with Crippen molar-refractivity contribution < 1.29 is 9.18 Å². The molecule has 1 atom stereocenters. The Kier molecular flexibility index (Phi) is 8.05. The number of carbonyl (C=O) groups is 1. The van der Waals surface area contributed by atoms with Crippen molar-refractivity contribution >= 4 is 35.2 Å². The zero-order chi connectivity index (χ0) is 19.8. The maximum absolute atomic E-state index is 14.3. The lowest BCUT2D eigenvalue weighted by atomic mass is 10.1. The molecule has 2 aromatic rings. The van der Waals surface area contributed by atoms with E-state index in [1.807, 2.05) is 17.9 Å². The van der Waals surface area contributed by atoms with Crippen LogP contribution in [0.25, 0.3) is 0 Å². The van der Waals surface area contributed by atoms with Gasteiger partial charge in [-0.15, -0.1) is 0 Å². The standard InChI is InChI=1S/C20H20Cl2FN3O/c1-2-25-12-18(7-8-27)26(13-15-9-16(21)4-6-20(15)23)17-5-3-14(11-24)19(22)10-17/h3-6,8-10,18,25H,2,7,12-13H2,1H3/t18-/m0/s1. The second-order valence-electron chi connectivity index (χ2n) is 6.00. The van der Waals surface area contributed by atoms with Crippen LogP contribution in [0.2, 0.25) is 10.0 Å². The zero-order valence-electron chi connectivity index (χ0n) is 14.9. The van der Waals surface area contributed by atoms with Crippen LogP contribution >= 0.6 is 23.2 Å². The number of hydrogen-bond acceptors (Lipinski definition) is 4. The number of benzene rings is 2. The molecule has 0 radical (unpaired) electrons. The Morgan fingerprint density at radius 2 is 2.07 bits per heavy atom. The van der Waals surface area contributed by atoms with Gasteiger partial charge in [0.25, 0.3) is 0 Å². The second kappa shape index (κ2) is 10.3. The van der Waals surface area contributed by atoms with Gasteiger partial charge in [-0.1, -0.05) is 30.1 Å². The molecule has 2 aromatic carbocycles. The first-order valence-electron chi connectivity index (χ1n) is 8.54. The third-order valence-electron chi connectivity index (χ3n) is 4.19. The minimum atomic E-state index is -0.377. The van der Waals surface area contributed by atoms with Gasteiger partial charge in [-0.3, -0.25) is 0 Å². The molecule has 0 fully saturated rings. The Labute approximate surface area is 168 Å². The van der Waals surface area contributed by atoms with Gasteiger partial charge in [-0.05, 0) is 42.9 Å². The largest absolute Gasteiger partial charge is 0.362 e. The first kappa shape index (κ1) is 21.2. The van der Waals surface area contributed by atoms with E-state index in [2.05, 4.69) is 5.32 Å². The van der Waals surface area contributed by atoms with Gasteiger partial charge in [0.2, 0.25) is 0 Å². The lowest BCUT2D eigenvalue weighted by Gasteiger charge is -2.33. The van der Waals surface area contributed by atoms with Gasteiger partial charge in [-0.2, -0.15) is 5.26 Å². The first-order chi connectivity index (χ1) is 13.0. The number of nitrogens with zero attached hydrogens (tertiary/aromatic N) is 2. The molecule has 0 saturated carbocycles. The van der Waals surface area contributed by atoms with Crippen LogP contribution in [0.4, 0.5) is 10.1 Å². The fraction of sp³-hybridized carbons (Fsp3) is 0.300. The molecule has 0 aliphatic heterocycles. The number of carbonyl (C=O) groups excluding carboxylic acids is 1. The molecule has 0 amide bonds. The lowest BCUT2D eigenvalue weighted by Crippen LogP contribution is -2.42. The van der Waals surface area contributed by atoms with Crippen molar-refractivity contribution in [2.45, 2.75) is 25.9 Å². The molecule has 0 aromatic heterocycles. The van der Waals surface area contributed by atoms with Crippen LogP contribution in [0.1, 0.15) is 24.5 Å². The normalized spacial score (nSPS) is 11.7. The summed E-state index contributed by atoms with van der Waals surface area (Å²) in [6.45, 7) is 3.45. The summed E-state index contributed by atoms with van der Waals surface area (Å²) in [7, 11) is 0. The summed E-state index contributed by atoms with van der Waals surface area (Å²) >= 11 is 12.2. The molecule has 1 N–H and O–H groups in total. The molecular weight excluding hydrogens is 388 g/mol. The molecule has 0 unspecified atom stereocenters. The average molecular weight is 408 g/mol. The van der Waals surface area contributed by atoms with Crippen LogP contribution < -0.4 is 10.2 Å². The highest BCUT2D eigenvalue weighted by atomic mass is 35.5. The van der Waals surface area contributed by atoms with Crippen LogP contribution in [0.5, 0.6) is 0 Å². The van der Waals surface area contributed by atoms with E-state index in [0.29, 0.717) is 33.4 Å². The van der Waals surface area contributed by atoms with Gasteiger partial charge in [0.15, 0.2) is 0 Å². The fourth-order valence-corrected chi connectivity index (χ4v) is 3.21. The maximum atomic E-state index is 14.3. The number of hydrogen-bond donors (Lipinski definition) is 1. The number of aldehydes is 1. The molecule has 0 aliphatic rings. The van der Waals surface area contributed by atoms with Crippen molar-refractivity contribution in [1.29, 1.82) is 5.26 Å². The summed E-state index contributed by atoms with van der Waals surface area (Å²) in [6, 6.07) is 11.2. The van der Waals surface area contributed by atoms with Gasteiger partial charge in [0.1, 0.15) is 18.2 Å². The Balaban J connectivity index is 2.46. The molecule has 0 bridgehead atoms. The fourth-order valence-electron chi connectivity index (χ4n) is 2.80. The van der Waals surface area contributed by atoms with Crippen molar-refractivity contribution in [2.75, 3.05) is 18.0 Å². The summed E-state index contributed by atoms with van der Waals surface area (Å²) in [5, 5.41) is 13.1. The van der Waals surface area contributed by atoms with E-state index in [-0.39, 0.29) is 24.8 Å². The lowest BCUT2D eigenvalue weighted by molar-refractivity contribution is -0.108. The quantitative estimate of drug-likeness (QED) is 0.618. The predicted octanol–water partition coefficient (Wildman–Crippen LogP) is 4.58. The topological polar surface area (TPSA) is 56.1 Å². The number of nitriles is 1. The summed E-state index contributed by atoms with van der Waals surface area (Å²) in [6.07, 6.45) is 1.10. The van der Waals surface area contributed by atoms with Gasteiger partial charge < -0.3 is 15.0 Å². The highest BCUT2D eigenvalue weighted by Gasteiger charge is 2.21.